The smallest absolute Gasteiger partial charge is 0.232 e. The van der Waals surface area contributed by atoms with Gasteiger partial charge in [-0.25, -0.2) is 0 Å². The third-order valence-corrected chi connectivity index (χ3v) is 5.00. The zero-order valence-corrected chi connectivity index (χ0v) is 17.0. The van der Waals surface area contributed by atoms with Crippen LogP contribution in [0.3, 0.4) is 0 Å². The molecule has 0 aliphatic carbocycles. The normalized spacial score (nSPS) is 12.2. The molecule has 0 aliphatic heterocycles. The molecule has 0 saturated heterocycles. The number of hydrogen-bond acceptors (Lipinski definition) is 3. The lowest BCUT2D eigenvalue weighted by Crippen LogP contribution is -2.47. The average Bonchev–Trinajstić information content (AvgIpc) is 2.79. The fourth-order valence-electron chi connectivity index (χ4n) is 3.35. The van der Waals surface area contributed by atoms with Gasteiger partial charge in [0.1, 0.15) is 16.8 Å². The fourth-order valence-corrected chi connectivity index (χ4v) is 3.54. The maximum atomic E-state index is 13.6. The second kappa shape index (κ2) is 9.67. The van der Waals surface area contributed by atoms with Crippen molar-refractivity contribution in [1.29, 1.82) is 5.26 Å². The third kappa shape index (κ3) is 4.47. The lowest BCUT2D eigenvalue weighted by Gasteiger charge is -2.22. The first-order valence-electron chi connectivity index (χ1n) is 9.15. The summed E-state index contributed by atoms with van der Waals surface area (Å²) in [6.45, 7) is 0. The first kappa shape index (κ1) is 21.0. The molecule has 0 amide bonds. The Morgan fingerprint density at radius 3 is 2.37 bits per heavy atom. The second-order valence-electron chi connectivity index (χ2n) is 6.53. The molecule has 0 saturated carbocycles. The first-order chi connectivity index (χ1) is 14.6. The summed E-state index contributed by atoms with van der Waals surface area (Å²) in [7, 11) is 1.55. The maximum Gasteiger partial charge on any atom is 0.232 e. The number of aromatic nitrogens is 1. The number of nitrogens with zero attached hydrogens (tertiary/aromatic N) is 3. The van der Waals surface area contributed by atoms with Crippen LogP contribution in [0.2, 0.25) is 5.02 Å². The van der Waals surface area contributed by atoms with Crippen molar-refractivity contribution >= 4 is 23.3 Å². The zero-order valence-electron chi connectivity index (χ0n) is 16.2. The Morgan fingerprint density at radius 1 is 1.10 bits per heavy atom. The molecular formula is C24H18ClN3O2. The molecule has 3 aromatic rings. The quantitative estimate of drug-likeness (QED) is 0.246. The summed E-state index contributed by atoms with van der Waals surface area (Å²) in [5, 5.41) is 19.8. The van der Waals surface area contributed by atoms with Gasteiger partial charge in [-0.2, -0.15) is 9.83 Å². The average molecular weight is 416 g/mol. The van der Waals surface area contributed by atoms with Gasteiger partial charge in [0, 0.05) is 11.6 Å². The predicted molar refractivity (Wildman–Crippen MR) is 115 cm³/mol. The molecule has 30 heavy (non-hydrogen) atoms. The Bertz CT molecular complexity index is 1130. The molecule has 0 spiro atoms. The van der Waals surface area contributed by atoms with E-state index in [1.807, 2.05) is 18.0 Å². The van der Waals surface area contributed by atoms with E-state index in [0.717, 1.165) is 0 Å². The van der Waals surface area contributed by atoms with Crippen molar-refractivity contribution in [3.8, 4) is 11.8 Å². The van der Waals surface area contributed by atoms with Gasteiger partial charge in [0.25, 0.3) is 0 Å². The summed E-state index contributed by atoms with van der Waals surface area (Å²) < 4.78 is 6.87. The molecular weight excluding hydrogens is 398 g/mol. The third-order valence-electron chi connectivity index (χ3n) is 4.78. The Labute approximate surface area is 179 Å². The van der Waals surface area contributed by atoms with E-state index in [9.17, 15) is 15.5 Å². The molecule has 6 heteroatoms. The van der Waals surface area contributed by atoms with Gasteiger partial charge in [-0.05, 0) is 23.8 Å². The van der Waals surface area contributed by atoms with Gasteiger partial charge in [0.05, 0.1) is 18.6 Å². The van der Waals surface area contributed by atoms with Crippen LogP contribution >= 0.6 is 11.6 Å². The van der Waals surface area contributed by atoms with E-state index >= 15 is 0 Å². The number of pyridine rings is 1. The largest absolute Gasteiger partial charge is 0.762 e. The van der Waals surface area contributed by atoms with E-state index in [0.29, 0.717) is 21.9 Å². The number of hydrogen-bond donors (Lipinski definition) is 0. The number of benzene rings is 2. The maximum absolute atomic E-state index is 13.6. The number of Topliss-reactive ketones (excluding diaryl/α,β-unsaturated/α-hetero) is 1. The lowest BCUT2D eigenvalue weighted by atomic mass is 9.82. The number of ether oxygens (including phenoxy) is 1. The van der Waals surface area contributed by atoms with Crippen LogP contribution in [0.4, 0.5) is 0 Å². The van der Waals surface area contributed by atoms with Gasteiger partial charge < -0.3 is 10.1 Å². The SMILES string of the molecule is COc1ccc(C(C(=C=[N-])C#N)C(C(=O)c2ccccc2)[n+]2cccc(Cl)c2)cc1. The number of nitriles is 1. The van der Waals surface area contributed by atoms with Crippen molar-refractivity contribution in [3.63, 3.8) is 0 Å². The zero-order chi connectivity index (χ0) is 21.5. The molecule has 0 bridgehead atoms. The fraction of sp³-hybridized carbons (Fsp3) is 0.125. The molecule has 0 radical (unpaired) electrons. The van der Waals surface area contributed by atoms with Crippen molar-refractivity contribution in [2.45, 2.75) is 12.0 Å². The van der Waals surface area contributed by atoms with Crippen LogP contribution in [-0.2, 0) is 0 Å². The lowest BCUT2D eigenvalue weighted by molar-refractivity contribution is -0.709. The molecule has 2 atom stereocenters. The molecule has 5 nitrogen and oxygen atoms in total. The highest BCUT2D eigenvalue weighted by Crippen LogP contribution is 2.34. The van der Waals surface area contributed by atoms with Crippen LogP contribution in [0.1, 0.15) is 27.9 Å². The molecule has 0 fully saturated rings. The number of halogens is 1. The van der Waals surface area contributed by atoms with E-state index in [-0.39, 0.29) is 11.4 Å². The van der Waals surface area contributed by atoms with E-state index < -0.39 is 12.0 Å². The molecule has 1 heterocycles. The minimum absolute atomic E-state index is 0.0677. The van der Waals surface area contributed by atoms with Crippen LogP contribution in [0, 0.1) is 11.3 Å². The number of allylic oxidation sites excluding steroid dienone is 1. The minimum atomic E-state index is -0.881. The summed E-state index contributed by atoms with van der Waals surface area (Å²) in [5.41, 5.74) is 1.06. The van der Waals surface area contributed by atoms with Crippen LogP contribution in [0.5, 0.6) is 5.75 Å². The van der Waals surface area contributed by atoms with E-state index in [2.05, 4.69) is 0 Å². The van der Waals surface area contributed by atoms with Crippen LogP contribution < -0.4 is 9.30 Å². The summed E-state index contributed by atoms with van der Waals surface area (Å²) in [6.07, 6.45) is 3.33. The van der Waals surface area contributed by atoms with Crippen molar-refractivity contribution < 1.29 is 14.1 Å². The number of ketones is 1. The molecule has 0 aliphatic rings. The topological polar surface area (TPSA) is 76.3 Å². The minimum Gasteiger partial charge on any atom is -0.762 e. The van der Waals surface area contributed by atoms with E-state index in [1.165, 1.54) is 0 Å². The Kier molecular flexibility index (Phi) is 6.77. The van der Waals surface area contributed by atoms with E-state index in [4.69, 9.17) is 16.3 Å². The summed E-state index contributed by atoms with van der Waals surface area (Å²) >= 11 is 6.19. The van der Waals surface area contributed by atoms with Gasteiger partial charge in [0.15, 0.2) is 12.4 Å². The highest BCUT2D eigenvalue weighted by atomic mass is 35.5. The molecule has 2 aromatic carbocycles. The summed E-state index contributed by atoms with van der Waals surface area (Å²) in [5.74, 6) is 1.58. The van der Waals surface area contributed by atoms with Crippen molar-refractivity contribution in [1.82, 2.24) is 0 Å². The van der Waals surface area contributed by atoms with Gasteiger partial charge in [-0.15, -0.1) is 0 Å². The predicted octanol–water partition coefficient (Wildman–Crippen LogP) is 4.53. The van der Waals surface area contributed by atoms with Crippen molar-refractivity contribution in [3.05, 3.63) is 106 Å². The van der Waals surface area contributed by atoms with Crippen LogP contribution in [0.15, 0.2) is 84.7 Å². The van der Waals surface area contributed by atoms with Gasteiger partial charge in [-0.1, -0.05) is 54.1 Å². The number of carbonyl (C=O) groups excluding carboxylic acids is 1. The Hall–Kier alpha value is -3.71. The molecule has 1 aromatic heterocycles. The van der Waals surface area contributed by atoms with Gasteiger partial charge >= 0.3 is 0 Å². The standard InChI is InChI=1S/C24H18ClN3O2/c1-30-21-11-9-17(10-12-21)22(19(14-26)15-27)23(28-13-5-8-20(25)16-28)24(29)18-6-3-2-4-7-18/h2-13,16,22-23H,1H3. The van der Waals surface area contributed by atoms with Crippen LogP contribution in [-0.4, -0.2) is 18.8 Å². The van der Waals surface area contributed by atoms with Gasteiger partial charge in [-0.3, -0.25) is 10.7 Å². The molecule has 2 unspecified atom stereocenters. The second-order valence-corrected chi connectivity index (χ2v) is 6.97. The summed E-state index contributed by atoms with van der Waals surface area (Å²) in [6, 6.07) is 20.3. The number of carbonyl (C=O) groups is 1. The monoisotopic (exact) mass is 415 g/mol. The molecule has 0 N–H and O–H groups in total. The molecule has 3 rings (SSSR count). The van der Waals surface area contributed by atoms with Crippen molar-refractivity contribution in [2.75, 3.05) is 7.11 Å². The number of methoxy groups -OCH3 is 1. The highest BCUT2D eigenvalue weighted by molar-refractivity contribution is 6.30. The Morgan fingerprint density at radius 2 is 1.80 bits per heavy atom. The highest BCUT2D eigenvalue weighted by Gasteiger charge is 2.40. The van der Waals surface area contributed by atoms with Crippen LogP contribution in [0.25, 0.3) is 5.41 Å². The molecule has 148 valence electrons. The summed E-state index contributed by atoms with van der Waals surface area (Å²) in [4.78, 5) is 13.6. The van der Waals surface area contributed by atoms with Crippen molar-refractivity contribution in [2.24, 2.45) is 0 Å². The van der Waals surface area contributed by atoms with Gasteiger partial charge in [0.2, 0.25) is 11.8 Å². The Balaban J connectivity index is 2.24. The first-order valence-corrected chi connectivity index (χ1v) is 9.53. The van der Waals surface area contributed by atoms with E-state index in [1.54, 1.807) is 84.7 Å². The number of rotatable bonds is 7.